The molecule has 10 heteroatoms. The zero-order valence-electron chi connectivity index (χ0n) is 18.7. The van der Waals surface area contributed by atoms with Crippen LogP contribution in [0.2, 0.25) is 5.02 Å². The van der Waals surface area contributed by atoms with Crippen molar-refractivity contribution in [3.05, 3.63) is 82.9 Å². The Kier molecular flexibility index (Phi) is 6.48. The number of amides is 1. The Morgan fingerprint density at radius 3 is 2.40 bits per heavy atom. The minimum absolute atomic E-state index is 0.0408. The molecule has 2 atom stereocenters. The first-order chi connectivity index (χ1) is 16.7. The Labute approximate surface area is 212 Å². The van der Waals surface area contributed by atoms with Crippen molar-refractivity contribution in [3.63, 3.8) is 0 Å². The first-order valence-corrected chi connectivity index (χ1v) is 14.0. The van der Waals surface area contributed by atoms with Crippen LogP contribution in [0.15, 0.2) is 71.7 Å². The van der Waals surface area contributed by atoms with E-state index in [4.69, 9.17) is 16.3 Å². The van der Waals surface area contributed by atoms with Gasteiger partial charge in [-0.3, -0.25) is 9.79 Å². The average molecular weight is 528 g/mol. The summed E-state index contributed by atoms with van der Waals surface area (Å²) in [6.07, 6.45) is 0. The number of benzene rings is 3. The second-order valence-electron chi connectivity index (χ2n) is 8.42. The summed E-state index contributed by atoms with van der Waals surface area (Å²) in [7, 11) is -3.00. The van der Waals surface area contributed by atoms with Crippen molar-refractivity contribution in [2.45, 2.75) is 18.2 Å². The number of hydrogen-bond acceptors (Lipinski definition) is 7. The van der Waals surface area contributed by atoms with E-state index >= 15 is 0 Å². The quantitative estimate of drug-likeness (QED) is 0.463. The van der Waals surface area contributed by atoms with Crippen LogP contribution in [0.4, 0.5) is 11.4 Å². The fourth-order valence-corrected chi connectivity index (χ4v) is 7.67. The van der Waals surface area contributed by atoms with Gasteiger partial charge in [-0.15, -0.1) is 0 Å². The Morgan fingerprint density at radius 1 is 1.03 bits per heavy atom. The highest BCUT2D eigenvalue weighted by Gasteiger charge is 2.42. The molecule has 7 nitrogen and oxygen atoms in total. The van der Waals surface area contributed by atoms with Gasteiger partial charge in [0, 0.05) is 27.2 Å². The minimum Gasteiger partial charge on any atom is -0.457 e. The van der Waals surface area contributed by atoms with Crippen molar-refractivity contribution in [1.82, 2.24) is 0 Å². The molecule has 2 heterocycles. The van der Waals surface area contributed by atoms with E-state index in [2.05, 4.69) is 15.6 Å². The molecule has 3 aromatic rings. The van der Waals surface area contributed by atoms with E-state index in [1.165, 1.54) is 11.8 Å². The third kappa shape index (κ3) is 5.63. The highest BCUT2D eigenvalue weighted by Crippen LogP contribution is 2.35. The van der Waals surface area contributed by atoms with Crippen LogP contribution in [-0.2, 0) is 9.84 Å². The summed E-state index contributed by atoms with van der Waals surface area (Å²) < 4.78 is 29.4. The second-order valence-corrected chi connectivity index (χ2v) is 12.2. The number of anilines is 2. The van der Waals surface area contributed by atoms with E-state index < -0.39 is 9.84 Å². The highest BCUT2D eigenvalue weighted by molar-refractivity contribution is 8.15. The molecule has 3 aromatic carbocycles. The van der Waals surface area contributed by atoms with E-state index in [0.717, 1.165) is 11.3 Å². The molecule has 0 bridgehead atoms. The summed E-state index contributed by atoms with van der Waals surface area (Å²) in [5.74, 6) is 1.31. The predicted octanol–water partition coefficient (Wildman–Crippen LogP) is 5.37. The van der Waals surface area contributed by atoms with E-state index in [9.17, 15) is 13.2 Å². The van der Waals surface area contributed by atoms with E-state index in [1.807, 2.05) is 13.0 Å². The van der Waals surface area contributed by atoms with Gasteiger partial charge in [0.2, 0.25) is 0 Å². The largest absolute Gasteiger partial charge is 0.457 e. The lowest BCUT2D eigenvalue weighted by Crippen LogP contribution is -2.14. The number of sulfone groups is 1. The Bertz CT molecular complexity index is 1410. The number of rotatable bonds is 5. The summed E-state index contributed by atoms with van der Waals surface area (Å²) in [5.41, 5.74) is 2.85. The number of ether oxygens (including phenoxy) is 1. The molecule has 0 radical (unpaired) electrons. The molecule has 0 saturated carbocycles. The molecule has 1 saturated heterocycles. The molecular weight excluding hydrogens is 506 g/mol. The Balaban J connectivity index is 1.23. The number of carbonyl (C=O) groups is 1. The summed E-state index contributed by atoms with van der Waals surface area (Å²) >= 11 is 7.34. The number of hydrogen-bond donors (Lipinski definition) is 2. The average Bonchev–Trinajstić information content (AvgIpc) is 3.30. The highest BCUT2D eigenvalue weighted by atomic mass is 35.5. The van der Waals surface area contributed by atoms with E-state index in [-0.39, 0.29) is 28.7 Å². The predicted molar refractivity (Wildman–Crippen MR) is 142 cm³/mol. The van der Waals surface area contributed by atoms with E-state index in [1.54, 1.807) is 60.7 Å². The molecule has 1 amide bonds. The number of thioether (sulfide) groups is 1. The van der Waals surface area contributed by atoms with Gasteiger partial charge < -0.3 is 15.4 Å². The number of aryl methyl sites for hydroxylation is 1. The summed E-state index contributed by atoms with van der Waals surface area (Å²) in [4.78, 5) is 17.4. The Morgan fingerprint density at radius 2 is 1.71 bits per heavy atom. The Hall–Kier alpha value is -3.01. The molecular formula is C25H22ClN3O4S2. The normalized spacial score (nSPS) is 20.1. The third-order valence-electron chi connectivity index (χ3n) is 5.72. The van der Waals surface area contributed by atoms with Gasteiger partial charge in [0.15, 0.2) is 15.0 Å². The first-order valence-electron chi connectivity index (χ1n) is 10.9. The number of fused-ring (bicyclic) bond motifs is 1. The lowest BCUT2D eigenvalue weighted by Gasteiger charge is -2.12. The molecule has 5 rings (SSSR count). The van der Waals surface area contributed by atoms with Gasteiger partial charge in [-0.1, -0.05) is 29.4 Å². The van der Waals surface area contributed by atoms with E-state index in [0.29, 0.717) is 32.9 Å². The van der Waals surface area contributed by atoms with Crippen LogP contribution in [0.3, 0.4) is 0 Å². The molecule has 180 valence electrons. The van der Waals surface area contributed by atoms with Gasteiger partial charge >= 0.3 is 0 Å². The number of nitrogens with one attached hydrogen (secondary N) is 2. The number of nitrogens with zero attached hydrogens (tertiary/aromatic N) is 1. The fourth-order valence-electron chi connectivity index (χ4n) is 3.88. The van der Waals surface area contributed by atoms with Crippen molar-refractivity contribution >= 4 is 55.6 Å². The van der Waals surface area contributed by atoms with Crippen LogP contribution in [0.25, 0.3) is 0 Å². The smallest absolute Gasteiger partial charge is 0.255 e. The van der Waals surface area contributed by atoms with Gasteiger partial charge in [-0.2, -0.15) is 0 Å². The van der Waals surface area contributed by atoms with Crippen LogP contribution in [-0.4, -0.2) is 42.3 Å². The van der Waals surface area contributed by atoms with Gasteiger partial charge in [0.05, 0.1) is 17.5 Å². The maximum absolute atomic E-state index is 12.9. The monoisotopic (exact) mass is 527 g/mol. The fraction of sp³-hybridized carbons (Fsp3) is 0.200. The van der Waals surface area contributed by atoms with Gasteiger partial charge in [-0.25, -0.2) is 8.42 Å². The van der Waals surface area contributed by atoms with Gasteiger partial charge in [-0.05, 0) is 73.2 Å². The van der Waals surface area contributed by atoms with Gasteiger partial charge in [0.25, 0.3) is 5.91 Å². The zero-order valence-corrected chi connectivity index (χ0v) is 21.1. The summed E-state index contributed by atoms with van der Waals surface area (Å²) in [6.45, 7) is 1.94. The van der Waals surface area contributed by atoms with Crippen molar-refractivity contribution < 1.29 is 17.9 Å². The molecule has 1 fully saturated rings. The third-order valence-corrected chi connectivity index (χ3v) is 9.11. The van der Waals surface area contributed by atoms with Crippen LogP contribution < -0.4 is 15.4 Å². The zero-order chi connectivity index (χ0) is 24.6. The van der Waals surface area contributed by atoms with Crippen LogP contribution in [0.1, 0.15) is 15.9 Å². The second kappa shape index (κ2) is 9.56. The molecule has 2 N–H and O–H groups in total. The summed E-state index contributed by atoms with van der Waals surface area (Å²) in [6, 6.07) is 19.4. The lowest BCUT2D eigenvalue weighted by atomic mass is 10.1. The lowest BCUT2D eigenvalue weighted by molar-refractivity contribution is 0.102. The van der Waals surface area contributed by atoms with Crippen molar-refractivity contribution in [3.8, 4) is 11.5 Å². The SMILES string of the molecule is Cc1ccc(C(=O)Nc2ccc(Oc3ccc(Cl)cc3)cc2)cc1NC1=N[C@H]2CS(=O)(=O)C[C@H]2S1. The van der Waals surface area contributed by atoms with Gasteiger partial charge in [0.1, 0.15) is 11.5 Å². The number of carbonyl (C=O) groups excluding carboxylic acids is 1. The van der Waals surface area contributed by atoms with Crippen LogP contribution in [0, 0.1) is 6.92 Å². The number of aliphatic imine (C=N–C) groups is 1. The topological polar surface area (TPSA) is 96.9 Å². The standard InChI is InChI=1S/C25H22ClN3O4S2/c1-15-2-3-16(12-21(15)28-25-29-22-13-35(31,32)14-23(22)34-25)24(30)27-18-6-10-20(11-7-18)33-19-8-4-17(26)5-9-19/h2-12,22-23H,13-14H2,1H3,(H,27,30)(H,28,29)/t22-,23+/m0/s1. The maximum Gasteiger partial charge on any atom is 0.255 e. The molecule has 2 aliphatic rings. The maximum atomic E-state index is 12.9. The molecule has 0 unspecified atom stereocenters. The molecule has 0 aliphatic carbocycles. The molecule has 0 spiro atoms. The van der Waals surface area contributed by atoms with Crippen molar-refractivity contribution in [2.75, 3.05) is 22.1 Å². The molecule has 0 aromatic heterocycles. The van der Waals surface area contributed by atoms with Crippen LogP contribution in [0.5, 0.6) is 11.5 Å². The minimum atomic E-state index is -3.00. The molecule has 35 heavy (non-hydrogen) atoms. The van der Waals surface area contributed by atoms with Crippen LogP contribution >= 0.6 is 23.4 Å². The number of amidine groups is 1. The number of halogens is 1. The first kappa shape index (κ1) is 23.7. The summed E-state index contributed by atoms with van der Waals surface area (Å²) in [5, 5.41) is 7.45. The van der Waals surface area contributed by atoms with Crippen molar-refractivity contribution in [1.29, 1.82) is 0 Å². The van der Waals surface area contributed by atoms with Crippen molar-refractivity contribution in [2.24, 2.45) is 4.99 Å². The molecule has 2 aliphatic heterocycles.